The number of aliphatic hydroxyl groups excluding tert-OH is 1. The van der Waals surface area contributed by atoms with Crippen molar-refractivity contribution in [1.82, 2.24) is 9.88 Å². The van der Waals surface area contributed by atoms with Crippen LogP contribution in [-0.2, 0) is 0 Å². The summed E-state index contributed by atoms with van der Waals surface area (Å²) >= 11 is 0. The van der Waals surface area contributed by atoms with Gasteiger partial charge in [0.25, 0.3) is 0 Å². The van der Waals surface area contributed by atoms with Crippen LogP contribution in [0.2, 0.25) is 0 Å². The van der Waals surface area contributed by atoms with Gasteiger partial charge in [0.15, 0.2) is 0 Å². The number of rotatable bonds is 4. The zero-order valence-electron chi connectivity index (χ0n) is 12.6. The molecule has 0 radical (unpaired) electrons. The highest BCUT2D eigenvalue weighted by molar-refractivity contribution is 5.48. The average molecular weight is 279 g/mol. The topological polar surface area (TPSA) is 59.8 Å². The van der Waals surface area contributed by atoms with Gasteiger partial charge in [-0.15, -0.1) is 0 Å². The molecule has 20 heavy (non-hydrogen) atoms. The number of aromatic nitrogens is 1. The summed E-state index contributed by atoms with van der Waals surface area (Å²) in [7, 11) is 0. The van der Waals surface area contributed by atoms with Crippen LogP contribution in [0.5, 0.6) is 0 Å². The fourth-order valence-electron chi connectivity index (χ4n) is 2.66. The number of hydrogen-bond acceptors (Lipinski definition) is 5. The third-order valence-corrected chi connectivity index (χ3v) is 3.55. The van der Waals surface area contributed by atoms with Crippen molar-refractivity contribution in [2.75, 3.05) is 37.6 Å². The molecule has 0 aliphatic carbocycles. The van der Waals surface area contributed by atoms with Crippen LogP contribution in [-0.4, -0.2) is 58.4 Å². The maximum absolute atomic E-state index is 9.87. The molecule has 2 N–H and O–H groups in total. The molecule has 1 aliphatic heterocycles. The first-order valence-corrected chi connectivity index (χ1v) is 7.19. The molecule has 1 saturated heterocycles. The van der Waals surface area contributed by atoms with Crippen molar-refractivity contribution in [2.24, 2.45) is 0 Å². The van der Waals surface area contributed by atoms with E-state index in [0.29, 0.717) is 6.54 Å². The minimum absolute atomic E-state index is 0.506. The second-order valence-corrected chi connectivity index (χ2v) is 6.17. The Morgan fingerprint density at radius 2 is 1.95 bits per heavy atom. The third kappa shape index (κ3) is 3.91. The molecule has 5 nitrogen and oxygen atoms in total. The third-order valence-electron chi connectivity index (χ3n) is 3.55. The molecule has 112 valence electrons. The lowest BCUT2D eigenvalue weighted by molar-refractivity contribution is 0.0344. The summed E-state index contributed by atoms with van der Waals surface area (Å²) in [4.78, 5) is 8.90. The van der Waals surface area contributed by atoms with E-state index in [1.165, 1.54) is 0 Å². The molecule has 2 heterocycles. The zero-order valence-corrected chi connectivity index (χ0v) is 12.6. The molecule has 1 aromatic heterocycles. The number of β-amino-alcohol motifs (C(OH)–C–C–N with tert-alkyl or cyclic N) is 1. The first-order chi connectivity index (χ1) is 9.37. The van der Waals surface area contributed by atoms with E-state index < -0.39 is 11.7 Å². The molecule has 5 heteroatoms. The number of pyridine rings is 1. The first-order valence-electron chi connectivity index (χ1n) is 7.19. The van der Waals surface area contributed by atoms with E-state index in [1.54, 1.807) is 13.1 Å². The van der Waals surface area contributed by atoms with Gasteiger partial charge in [-0.1, -0.05) is 6.07 Å². The van der Waals surface area contributed by atoms with Gasteiger partial charge in [0.2, 0.25) is 0 Å². The average Bonchev–Trinajstić information content (AvgIpc) is 2.38. The van der Waals surface area contributed by atoms with Gasteiger partial charge < -0.3 is 15.1 Å². The lowest BCUT2D eigenvalue weighted by atomic mass is 10.1. The zero-order chi connectivity index (χ0) is 14.8. The van der Waals surface area contributed by atoms with Gasteiger partial charge in [-0.3, -0.25) is 4.90 Å². The number of piperazine rings is 1. The highest BCUT2D eigenvalue weighted by atomic mass is 16.3. The summed E-state index contributed by atoms with van der Waals surface area (Å²) in [5.41, 5.74) is 0.223. The molecule has 0 amide bonds. The van der Waals surface area contributed by atoms with Crippen molar-refractivity contribution in [2.45, 2.75) is 32.5 Å². The van der Waals surface area contributed by atoms with Crippen molar-refractivity contribution in [3.63, 3.8) is 0 Å². The number of hydrogen-bond donors (Lipinski definition) is 2. The molecule has 2 rings (SSSR count). The van der Waals surface area contributed by atoms with Gasteiger partial charge >= 0.3 is 0 Å². The fraction of sp³-hybridized carbons (Fsp3) is 0.667. The largest absolute Gasteiger partial charge is 0.389 e. The van der Waals surface area contributed by atoms with Gasteiger partial charge in [0.1, 0.15) is 5.82 Å². The highest BCUT2D eigenvalue weighted by Crippen LogP contribution is 2.24. The van der Waals surface area contributed by atoms with Crippen LogP contribution in [0.4, 0.5) is 5.82 Å². The Balaban J connectivity index is 2.01. The second-order valence-electron chi connectivity index (χ2n) is 6.17. The molecular formula is C15H25N3O2. The summed E-state index contributed by atoms with van der Waals surface area (Å²) in [5.74, 6) is 0.880. The molecule has 1 aromatic rings. The summed E-state index contributed by atoms with van der Waals surface area (Å²) in [6, 6.07) is 3.78. The fourth-order valence-corrected chi connectivity index (χ4v) is 2.66. The van der Waals surface area contributed by atoms with E-state index >= 15 is 0 Å². The molecule has 0 saturated carbocycles. The van der Waals surface area contributed by atoms with Crippen molar-refractivity contribution in [3.8, 4) is 0 Å². The quantitative estimate of drug-likeness (QED) is 0.862. The van der Waals surface area contributed by atoms with E-state index in [1.807, 2.05) is 26.0 Å². The van der Waals surface area contributed by atoms with Crippen LogP contribution in [0.1, 0.15) is 32.4 Å². The molecule has 0 spiro atoms. The Morgan fingerprint density at radius 1 is 1.30 bits per heavy atom. The van der Waals surface area contributed by atoms with Gasteiger partial charge in [0.05, 0.1) is 11.7 Å². The second kappa shape index (κ2) is 6.08. The standard InChI is InChI=1S/C15H25N3O2/c1-12(19)13-5-4-6-16-14(13)18-9-7-17(8-10-18)11-15(2,3)20/h4-6,12,19-20H,7-11H2,1-3H3/t12-/m0/s1. The summed E-state index contributed by atoms with van der Waals surface area (Å²) in [5, 5.41) is 19.7. The summed E-state index contributed by atoms with van der Waals surface area (Å²) in [6.07, 6.45) is 1.26. The monoisotopic (exact) mass is 279 g/mol. The molecule has 1 aliphatic rings. The van der Waals surface area contributed by atoms with E-state index in [2.05, 4.69) is 14.8 Å². The molecule has 1 atom stereocenters. The van der Waals surface area contributed by atoms with E-state index in [-0.39, 0.29) is 0 Å². The van der Waals surface area contributed by atoms with Gasteiger partial charge in [-0.2, -0.15) is 0 Å². The van der Waals surface area contributed by atoms with Crippen molar-refractivity contribution >= 4 is 5.82 Å². The summed E-state index contributed by atoms with van der Waals surface area (Å²) in [6.45, 7) is 9.67. The molecule has 1 fully saturated rings. The lowest BCUT2D eigenvalue weighted by Gasteiger charge is -2.38. The Labute approximate surface area is 120 Å². The van der Waals surface area contributed by atoms with Crippen LogP contribution >= 0.6 is 0 Å². The SMILES string of the molecule is C[C@H](O)c1cccnc1N1CCN(CC(C)(C)O)CC1. The molecule has 0 aromatic carbocycles. The highest BCUT2D eigenvalue weighted by Gasteiger charge is 2.24. The number of aliphatic hydroxyl groups is 2. The van der Waals surface area contributed by atoms with Crippen LogP contribution in [0, 0.1) is 0 Å². The first kappa shape index (κ1) is 15.2. The van der Waals surface area contributed by atoms with Crippen LogP contribution < -0.4 is 4.90 Å². The van der Waals surface area contributed by atoms with Gasteiger partial charge in [-0.25, -0.2) is 4.98 Å². The Morgan fingerprint density at radius 3 is 2.50 bits per heavy atom. The van der Waals surface area contributed by atoms with E-state index in [4.69, 9.17) is 0 Å². The maximum atomic E-state index is 9.87. The van der Waals surface area contributed by atoms with Crippen molar-refractivity contribution in [3.05, 3.63) is 23.9 Å². The van der Waals surface area contributed by atoms with Crippen LogP contribution in [0.25, 0.3) is 0 Å². The lowest BCUT2D eigenvalue weighted by Crippen LogP contribution is -2.50. The summed E-state index contributed by atoms with van der Waals surface area (Å²) < 4.78 is 0. The minimum atomic E-state index is -0.655. The Bertz CT molecular complexity index is 435. The van der Waals surface area contributed by atoms with Crippen LogP contribution in [0.3, 0.4) is 0 Å². The van der Waals surface area contributed by atoms with Crippen molar-refractivity contribution in [1.29, 1.82) is 0 Å². The smallest absolute Gasteiger partial charge is 0.134 e. The predicted molar refractivity (Wildman–Crippen MR) is 79.8 cm³/mol. The predicted octanol–water partition coefficient (Wildman–Crippen LogP) is 1.03. The normalized spacial score (nSPS) is 19.1. The van der Waals surface area contributed by atoms with Gasteiger partial charge in [-0.05, 0) is 26.8 Å². The Kier molecular flexibility index (Phi) is 4.62. The number of anilines is 1. The number of nitrogens with zero attached hydrogens (tertiary/aromatic N) is 3. The molecule has 0 unspecified atom stereocenters. The Hall–Kier alpha value is -1.17. The van der Waals surface area contributed by atoms with Crippen molar-refractivity contribution < 1.29 is 10.2 Å². The van der Waals surface area contributed by atoms with E-state index in [9.17, 15) is 10.2 Å². The van der Waals surface area contributed by atoms with E-state index in [0.717, 1.165) is 37.6 Å². The van der Waals surface area contributed by atoms with Gasteiger partial charge in [0, 0.05) is 44.5 Å². The minimum Gasteiger partial charge on any atom is -0.389 e. The molecular weight excluding hydrogens is 254 g/mol. The molecule has 0 bridgehead atoms. The van der Waals surface area contributed by atoms with Crippen LogP contribution in [0.15, 0.2) is 18.3 Å². The maximum Gasteiger partial charge on any atom is 0.134 e.